The minimum absolute atomic E-state index is 0.00748. The lowest BCUT2D eigenvalue weighted by atomic mass is 9.93. The lowest BCUT2D eigenvalue weighted by Gasteiger charge is -2.29. The number of nitrogens with zero attached hydrogens (tertiary/aromatic N) is 3. The molecule has 0 radical (unpaired) electrons. The molecule has 0 aliphatic carbocycles. The van der Waals surface area contributed by atoms with Crippen LogP contribution < -0.4 is 19.7 Å². The smallest absolute Gasteiger partial charge is 0.242 e. The molecule has 33 heavy (non-hydrogen) atoms. The molecule has 0 bridgehead atoms. The molecule has 1 amide bonds. The van der Waals surface area contributed by atoms with Gasteiger partial charge in [0.1, 0.15) is 0 Å². The van der Waals surface area contributed by atoms with E-state index in [0.717, 1.165) is 55.0 Å². The Balaban J connectivity index is 1.82. The normalized spacial score (nSPS) is 18.3. The SMILES string of the molecule is CCC(=O)N1N=C(c2ccc(N3CCNCC3)cc2)c2cc(OC)c(OC)cc2C[C@@H]1CC. The highest BCUT2D eigenvalue weighted by Gasteiger charge is 2.29. The average Bonchev–Trinajstić information content (AvgIpc) is 3.04. The Kier molecular flexibility index (Phi) is 7.18. The Labute approximate surface area is 196 Å². The van der Waals surface area contributed by atoms with Gasteiger partial charge in [0.2, 0.25) is 5.91 Å². The summed E-state index contributed by atoms with van der Waals surface area (Å²) in [4.78, 5) is 15.3. The minimum Gasteiger partial charge on any atom is -0.493 e. The van der Waals surface area contributed by atoms with Gasteiger partial charge in [-0.15, -0.1) is 0 Å². The first-order valence-corrected chi connectivity index (χ1v) is 11.8. The van der Waals surface area contributed by atoms with Crippen molar-refractivity contribution < 1.29 is 14.3 Å². The highest BCUT2D eigenvalue weighted by atomic mass is 16.5. The molecule has 0 aromatic heterocycles. The maximum Gasteiger partial charge on any atom is 0.242 e. The molecule has 7 heteroatoms. The second-order valence-corrected chi connectivity index (χ2v) is 8.45. The van der Waals surface area contributed by atoms with Crippen LogP contribution >= 0.6 is 0 Å². The molecule has 1 saturated heterocycles. The number of benzene rings is 2. The molecule has 1 atom stereocenters. The second-order valence-electron chi connectivity index (χ2n) is 8.45. The van der Waals surface area contributed by atoms with Crippen molar-refractivity contribution in [3.8, 4) is 11.5 Å². The summed E-state index contributed by atoms with van der Waals surface area (Å²) in [6.07, 6.45) is 1.94. The predicted octanol–water partition coefficient (Wildman–Crippen LogP) is 3.44. The molecular weight excluding hydrogens is 416 g/mol. The second kappa shape index (κ2) is 10.3. The number of amides is 1. The number of piperazine rings is 1. The van der Waals surface area contributed by atoms with E-state index in [-0.39, 0.29) is 11.9 Å². The van der Waals surface area contributed by atoms with E-state index in [2.05, 4.69) is 41.4 Å². The van der Waals surface area contributed by atoms with Gasteiger partial charge in [-0.25, -0.2) is 5.01 Å². The summed E-state index contributed by atoms with van der Waals surface area (Å²) in [6.45, 7) is 7.97. The number of anilines is 1. The molecule has 2 heterocycles. The molecule has 176 valence electrons. The van der Waals surface area contributed by atoms with Crippen LogP contribution in [0.5, 0.6) is 11.5 Å². The van der Waals surface area contributed by atoms with Gasteiger partial charge in [0.15, 0.2) is 11.5 Å². The van der Waals surface area contributed by atoms with Gasteiger partial charge < -0.3 is 19.7 Å². The molecule has 0 spiro atoms. The number of rotatable bonds is 6. The number of hydrogen-bond acceptors (Lipinski definition) is 6. The van der Waals surface area contributed by atoms with Crippen molar-refractivity contribution in [3.05, 3.63) is 53.1 Å². The highest BCUT2D eigenvalue weighted by molar-refractivity contribution is 6.14. The van der Waals surface area contributed by atoms with Crippen LogP contribution in [-0.4, -0.2) is 63.1 Å². The van der Waals surface area contributed by atoms with Gasteiger partial charge in [-0.1, -0.05) is 26.0 Å². The van der Waals surface area contributed by atoms with E-state index in [0.29, 0.717) is 24.3 Å². The summed E-state index contributed by atoms with van der Waals surface area (Å²) in [5, 5.41) is 10.1. The lowest BCUT2D eigenvalue weighted by Crippen LogP contribution is -2.43. The van der Waals surface area contributed by atoms with Gasteiger partial charge in [-0.3, -0.25) is 4.79 Å². The fourth-order valence-corrected chi connectivity index (χ4v) is 4.60. The molecule has 0 unspecified atom stereocenters. The van der Waals surface area contributed by atoms with Crippen LogP contribution in [0.15, 0.2) is 41.5 Å². The Morgan fingerprint density at radius 2 is 1.73 bits per heavy atom. The summed E-state index contributed by atoms with van der Waals surface area (Å²) >= 11 is 0. The predicted molar refractivity (Wildman–Crippen MR) is 132 cm³/mol. The molecule has 1 N–H and O–H groups in total. The van der Waals surface area contributed by atoms with Gasteiger partial charge >= 0.3 is 0 Å². The molecule has 1 fully saturated rings. The molecule has 2 aromatic rings. The first-order valence-electron chi connectivity index (χ1n) is 11.8. The van der Waals surface area contributed by atoms with E-state index in [4.69, 9.17) is 14.6 Å². The standard InChI is InChI=1S/C26H34N4O3/c1-5-20-15-19-16-23(32-3)24(33-4)17-22(19)26(28-30(20)25(31)6-2)18-7-9-21(10-8-18)29-13-11-27-12-14-29/h7-10,16-17,20,27H,5-6,11-15H2,1-4H3/t20-/m0/s1. The monoisotopic (exact) mass is 450 g/mol. The van der Waals surface area contributed by atoms with Crippen molar-refractivity contribution in [1.29, 1.82) is 0 Å². The molecule has 2 aliphatic rings. The maximum atomic E-state index is 12.9. The van der Waals surface area contributed by atoms with E-state index in [1.54, 1.807) is 19.2 Å². The van der Waals surface area contributed by atoms with Gasteiger partial charge in [0.05, 0.1) is 26.0 Å². The van der Waals surface area contributed by atoms with Crippen molar-refractivity contribution in [2.24, 2.45) is 5.10 Å². The van der Waals surface area contributed by atoms with Gasteiger partial charge in [0, 0.05) is 49.4 Å². The third-order valence-corrected chi connectivity index (χ3v) is 6.53. The zero-order valence-electron chi connectivity index (χ0n) is 20.1. The van der Waals surface area contributed by atoms with E-state index in [9.17, 15) is 4.79 Å². The zero-order chi connectivity index (χ0) is 23.4. The van der Waals surface area contributed by atoms with Crippen LogP contribution in [0.2, 0.25) is 0 Å². The van der Waals surface area contributed by atoms with Crippen LogP contribution in [0.4, 0.5) is 5.69 Å². The summed E-state index contributed by atoms with van der Waals surface area (Å²) < 4.78 is 11.2. The number of hydrogen-bond donors (Lipinski definition) is 1. The summed E-state index contributed by atoms with van der Waals surface area (Å²) in [5.74, 6) is 1.38. The highest BCUT2D eigenvalue weighted by Crippen LogP contribution is 2.35. The van der Waals surface area contributed by atoms with E-state index < -0.39 is 0 Å². The minimum atomic E-state index is -0.00748. The summed E-state index contributed by atoms with van der Waals surface area (Å²) in [6, 6.07) is 12.5. The Hall–Kier alpha value is -3.06. The van der Waals surface area contributed by atoms with Crippen molar-refractivity contribution >= 4 is 17.3 Å². The van der Waals surface area contributed by atoms with Crippen molar-refractivity contribution in [2.45, 2.75) is 39.2 Å². The average molecular weight is 451 g/mol. The lowest BCUT2D eigenvalue weighted by molar-refractivity contribution is -0.133. The van der Waals surface area contributed by atoms with Crippen LogP contribution in [0.3, 0.4) is 0 Å². The summed E-state index contributed by atoms with van der Waals surface area (Å²) in [5.41, 5.74) is 5.06. The Morgan fingerprint density at radius 1 is 1.06 bits per heavy atom. The molecule has 0 saturated carbocycles. The van der Waals surface area contributed by atoms with Crippen molar-refractivity contribution in [2.75, 3.05) is 45.3 Å². The molecular formula is C26H34N4O3. The molecule has 7 nitrogen and oxygen atoms in total. The Morgan fingerprint density at radius 3 is 2.33 bits per heavy atom. The van der Waals surface area contributed by atoms with Gasteiger partial charge in [-0.05, 0) is 42.7 Å². The first-order chi connectivity index (χ1) is 16.1. The number of carbonyl (C=O) groups excluding carboxylic acids is 1. The largest absolute Gasteiger partial charge is 0.493 e. The van der Waals surface area contributed by atoms with Crippen LogP contribution in [0.1, 0.15) is 43.4 Å². The number of fused-ring (bicyclic) bond motifs is 1. The number of hydrazone groups is 1. The van der Waals surface area contributed by atoms with Crippen LogP contribution in [0.25, 0.3) is 0 Å². The fourth-order valence-electron chi connectivity index (χ4n) is 4.60. The fraction of sp³-hybridized carbons (Fsp3) is 0.462. The topological polar surface area (TPSA) is 66.4 Å². The van der Waals surface area contributed by atoms with Crippen molar-refractivity contribution in [1.82, 2.24) is 10.3 Å². The number of methoxy groups -OCH3 is 2. The molecule has 2 aromatic carbocycles. The van der Waals surface area contributed by atoms with Gasteiger partial charge in [-0.2, -0.15) is 5.10 Å². The Bertz CT molecular complexity index is 1010. The quantitative estimate of drug-likeness (QED) is 0.730. The number of ether oxygens (including phenoxy) is 2. The van der Waals surface area contributed by atoms with E-state index in [1.165, 1.54) is 5.69 Å². The molecule has 2 aliphatic heterocycles. The molecule has 4 rings (SSSR count). The first kappa shape index (κ1) is 23.1. The van der Waals surface area contributed by atoms with Crippen LogP contribution in [0, 0.1) is 0 Å². The third kappa shape index (κ3) is 4.69. The van der Waals surface area contributed by atoms with Gasteiger partial charge in [0.25, 0.3) is 0 Å². The zero-order valence-corrected chi connectivity index (χ0v) is 20.1. The van der Waals surface area contributed by atoms with Crippen molar-refractivity contribution in [3.63, 3.8) is 0 Å². The van der Waals surface area contributed by atoms with Crippen LogP contribution in [-0.2, 0) is 11.2 Å². The van der Waals surface area contributed by atoms with E-state index in [1.807, 2.05) is 19.1 Å². The number of nitrogens with one attached hydrogen (secondary N) is 1. The third-order valence-electron chi connectivity index (χ3n) is 6.53. The van der Waals surface area contributed by atoms with E-state index >= 15 is 0 Å². The maximum absolute atomic E-state index is 12.9. The number of carbonyl (C=O) groups is 1. The summed E-state index contributed by atoms with van der Waals surface area (Å²) in [7, 11) is 3.29.